The van der Waals surface area contributed by atoms with Gasteiger partial charge < -0.3 is 10.1 Å². The van der Waals surface area contributed by atoms with Crippen molar-refractivity contribution in [2.75, 3.05) is 25.0 Å². The molecule has 1 aliphatic heterocycles. The smallest absolute Gasteiger partial charge is 0.338 e. The molecule has 160 valence electrons. The molecule has 1 N–H and O–H groups in total. The number of nitrogens with one attached hydrogen (secondary N) is 1. The molecule has 0 radical (unpaired) electrons. The summed E-state index contributed by atoms with van der Waals surface area (Å²) >= 11 is 0. The Morgan fingerprint density at radius 2 is 1.77 bits per heavy atom. The minimum absolute atomic E-state index is 0.177. The number of nitrogens with zero attached hydrogens (tertiary/aromatic N) is 1. The fraction of sp³-hybridized carbons (Fsp3) is 0.364. The van der Waals surface area contributed by atoms with Gasteiger partial charge in [0.25, 0.3) is 0 Å². The Bertz CT molecular complexity index is 1010. The van der Waals surface area contributed by atoms with E-state index in [2.05, 4.69) is 5.32 Å². The van der Waals surface area contributed by atoms with Crippen LogP contribution >= 0.6 is 0 Å². The summed E-state index contributed by atoms with van der Waals surface area (Å²) in [6, 6.07) is 13.4. The molecule has 0 atom stereocenters. The molecule has 8 heteroatoms. The Morgan fingerprint density at radius 1 is 1.10 bits per heavy atom. The van der Waals surface area contributed by atoms with E-state index >= 15 is 0 Å². The zero-order chi connectivity index (χ0) is 21.7. The molecular weight excluding hydrogens is 404 g/mol. The molecule has 0 saturated carbocycles. The van der Waals surface area contributed by atoms with Crippen LogP contribution in [0.4, 0.5) is 5.69 Å². The third kappa shape index (κ3) is 5.06. The predicted molar refractivity (Wildman–Crippen MR) is 114 cm³/mol. The van der Waals surface area contributed by atoms with Gasteiger partial charge in [0.15, 0.2) is 0 Å². The average Bonchev–Trinajstić information content (AvgIpc) is 2.74. The summed E-state index contributed by atoms with van der Waals surface area (Å²) in [6.07, 6.45) is 0.878. The highest BCUT2D eigenvalue weighted by Crippen LogP contribution is 2.25. The Balaban J connectivity index is 1.60. The number of benzene rings is 2. The minimum Gasteiger partial charge on any atom is -0.462 e. The number of hydrogen-bond donors (Lipinski definition) is 1. The van der Waals surface area contributed by atoms with Crippen LogP contribution in [0.1, 0.15) is 35.7 Å². The zero-order valence-corrected chi connectivity index (χ0v) is 17.9. The van der Waals surface area contributed by atoms with Crippen molar-refractivity contribution in [2.45, 2.75) is 31.6 Å². The SMILES string of the molecule is CCOC(=O)c1cccc(NC(=O)C2CCN(S(=O)(=O)c3ccc(C)cc3)CC2)c1. The van der Waals surface area contributed by atoms with E-state index in [-0.39, 0.29) is 36.4 Å². The number of rotatable bonds is 6. The monoisotopic (exact) mass is 430 g/mol. The van der Waals surface area contributed by atoms with Gasteiger partial charge in [-0.15, -0.1) is 0 Å². The largest absolute Gasteiger partial charge is 0.462 e. The first-order valence-electron chi connectivity index (χ1n) is 9.96. The maximum Gasteiger partial charge on any atom is 0.338 e. The number of carbonyl (C=O) groups is 2. The molecule has 30 heavy (non-hydrogen) atoms. The number of amides is 1. The molecule has 0 spiro atoms. The lowest BCUT2D eigenvalue weighted by atomic mass is 9.97. The first-order valence-corrected chi connectivity index (χ1v) is 11.4. The number of carbonyl (C=O) groups excluding carboxylic acids is 2. The lowest BCUT2D eigenvalue weighted by Crippen LogP contribution is -2.41. The van der Waals surface area contributed by atoms with E-state index in [0.29, 0.717) is 24.1 Å². The quantitative estimate of drug-likeness (QED) is 0.711. The van der Waals surface area contributed by atoms with Crippen molar-refractivity contribution in [2.24, 2.45) is 5.92 Å². The van der Waals surface area contributed by atoms with E-state index in [1.54, 1.807) is 55.5 Å². The molecule has 1 saturated heterocycles. The Morgan fingerprint density at radius 3 is 2.40 bits per heavy atom. The van der Waals surface area contributed by atoms with Crippen LogP contribution in [0.15, 0.2) is 53.4 Å². The normalized spacial score (nSPS) is 15.5. The number of esters is 1. The second-order valence-electron chi connectivity index (χ2n) is 7.28. The summed E-state index contributed by atoms with van der Waals surface area (Å²) in [4.78, 5) is 24.8. The van der Waals surface area contributed by atoms with Gasteiger partial charge in [0, 0.05) is 24.7 Å². The van der Waals surface area contributed by atoms with Gasteiger partial charge in [0.05, 0.1) is 17.1 Å². The van der Waals surface area contributed by atoms with Crippen molar-refractivity contribution in [1.29, 1.82) is 0 Å². The van der Waals surface area contributed by atoms with E-state index in [1.807, 2.05) is 6.92 Å². The van der Waals surface area contributed by atoms with E-state index < -0.39 is 16.0 Å². The molecule has 0 aromatic heterocycles. The summed E-state index contributed by atoms with van der Waals surface area (Å²) in [5.74, 6) is -0.910. The Hall–Kier alpha value is -2.71. The summed E-state index contributed by atoms with van der Waals surface area (Å²) < 4.78 is 32.0. The first kappa shape index (κ1) is 22.0. The maximum absolute atomic E-state index is 12.8. The molecule has 3 rings (SSSR count). The zero-order valence-electron chi connectivity index (χ0n) is 17.1. The van der Waals surface area contributed by atoms with Gasteiger partial charge in [-0.25, -0.2) is 13.2 Å². The van der Waals surface area contributed by atoms with Crippen LogP contribution in [-0.2, 0) is 19.6 Å². The van der Waals surface area contributed by atoms with Gasteiger partial charge in [-0.05, 0) is 57.0 Å². The molecule has 0 unspecified atom stereocenters. The minimum atomic E-state index is -3.56. The van der Waals surface area contributed by atoms with Gasteiger partial charge in [-0.3, -0.25) is 4.79 Å². The maximum atomic E-state index is 12.8. The van der Waals surface area contributed by atoms with E-state index in [9.17, 15) is 18.0 Å². The second kappa shape index (κ2) is 9.40. The van der Waals surface area contributed by atoms with Crippen molar-refractivity contribution >= 4 is 27.6 Å². The van der Waals surface area contributed by atoms with Gasteiger partial charge >= 0.3 is 5.97 Å². The molecule has 1 heterocycles. The van der Waals surface area contributed by atoms with Gasteiger partial charge in [-0.2, -0.15) is 4.31 Å². The highest BCUT2D eigenvalue weighted by molar-refractivity contribution is 7.89. The molecule has 2 aromatic carbocycles. The topological polar surface area (TPSA) is 92.8 Å². The number of aryl methyl sites for hydroxylation is 1. The van der Waals surface area contributed by atoms with Crippen molar-refractivity contribution in [3.63, 3.8) is 0 Å². The number of sulfonamides is 1. The lowest BCUT2D eigenvalue weighted by molar-refractivity contribution is -0.120. The van der Waals surface area contributed by atoms with Crippen LogP contribution in [0.2, 0.25) is 0 Å². The average molecular weight is 431 g/mol. The standard InChI is InChI=1S/C22H26N2O5S/c1-3-29-22(26)18-5-4-6-19(15-18)23-21(25)17-11-13-24(14-12-17)30(27,28)20-9-7-16(2)8-10-20/h4-10,15,17H,3,11-14H2,1-2H3,(H,23,25). The highest BCUT2D eigenvalue weighted by atomic mass is 32.2. The van der Waals surface area contributed by atoms with Crippen LogP contribution in [-0.4, -0.2) is 44.3 Å². The highest BCUT2D eigenvalue weighted by Gasteiger charge is 2.32. The summed E-state index contributed by atoms with van der Waals surface area (Å²) in [5.41, 5.74) is 1.88. The number of ether oxygens (including phenoxy) is 1. The Kier molecular flexibility index (Phi) is 6.89. The molecule has 1 amide bonds. The molecule has 0 aliphatic carbocycles. The Labute approximate surface area is 177 Å². The number of hydrogen-bond acceptors (Lipinski definition) is 5. The van der Waals surface area contributed by atoms with Crippen molar-refractivity contribution < 1.29 is 22.7 Å². The fourth-order valence-electron chi connectivity index (χ4n) is 3.40. The van der Waals surface area contributed by atoms with Gasteiger partial charge in [0.1, 0.15) is 0 Å². The van der Waals surface area contributed by atoms with Crippen LogP contribution in [0.5, 0.6) is 0 Å². The number of piperidine rings is 1. The van der Waals surface area contributed by atoms with Crippen LogP contribution in [0.3, 0.4) is 0 Å². The van der Waals surface area contributed by atoms with Crippen molar-refractivity contribution in [3.05, 3.63) is 59.7 Å². The first-order chi connectivity index (χ1) is 14.3. The van der Waals surface area contributed by atoms with Gasteiger partial charge in [0.2, 0.25) is 15.9 Å². The second-order valence-corrected chi connectivity index (χ2v) is 9.22. The summed E-state index contributed by atoms with van der Waals surface area (Å²) in [5, 5.41) is 2.83. The molecule has 1 fully saturated rings. The fourth-order valence-corrected chi connectivity index (χ4v) is 4.87. The molecule has 7 nitrogen and oxygen atoms in total. The van der Waals surface area contributed by atoms with Crippen LogP contribution in [0, 0.1) is 12.8 Å². The van der Waals surface area contributed by atoms with Gasteiger partial charge in [-0.1, -0.05) is 23.8 Å². The predicted octanol–water partition coefficient (Wildman–Crippen LogP) is 3.21. The molecule has 0 bridgehead atoms. The van der Waals surface area contributed by atoms with E-state index in [1.165, 1.54) is 4.31 Å². The lowest BCUT2D eigenvalue weighted by Gasteiger charge is -2.30. The summed E-state index contributed by atoms with van der Waals surface area (Å²) in [7, 11) is -3.56. The molecular formula is C22H26N2O5S. The number of anilines is 1. The molecule has 1 aliphatic rings. The van der Waals surface area contributed by atoms with Crippen LogP contribution < -0.4 is 5.32 Å². The third-order valence-electron chi connectivity index (χ3n) is 5.12. The molecule has 2 aromatic rings. The van der Waals surface area contributed by atoms with Crippen LogP contribution in [0.25, 0.3) is 0 Å². The van der Waals surface area contributed by atoms with Crippen molar-refractivity contribution in [1.82, 2.24) is 4.31 Å². The van der Waals surface area contributed by atoms with E-state index in [4.69, 9.17) is 4.74 Å². The summed E-state index contributed by atoms with van der Waals surface area (Å²) in [6.45, 7) is 4.49. The van der Waals surface area contributed by atoms with E-state index in [0.717, 1.165) is 5.56 Å². The third-order valence-corrected chi connectivity index (χ3v) is 7.04. The van der Waals surface area contributed by atoms with Crippen molar-refractivity contribution in [3.8, 4) is 0 Å².